The van der Waals surface area contributed by atoms with Gasteiger partial charge in [0.05, 0.1) is 13.0 Å². The molecular formula is C13H18O3. The van der Waals surface area contributed by atoms with E-state index in [0.29, 0.717) is 0 Å². The molecule has 0 heterocycles. The van der Waals surface area contributed by atoms with E-state index in [-0.39, 0.29) is 13.0 Å². The highest BCUT2D eigenvalue weighted by Gasteiger charge is 2.16. The summed E-state index contributed by atoms with van der Waals surface area (Å²) in [6, 6.07) is 0. The predicted molar refractivity (Wildman–Crippen MR) is 62.7 cm³/mol. The van der Waals surface area contributed by atoms with Crippen LogP contribution >= 0.6 is 0 Å². The van der Waals surface area contributed by atoms with Crippen molar-refractivity contribution < 1.29 is 15.0 Å². The van der Waals surface area contributed by atoms with Crippen LogP contribution in [-0.4, -0.2) is 16.2 Å². The first-order valence-electron chi connectivity index (χ1n) is 5.30. The fraction of sp³-hybridized carbons (Fsp3) is 0.462. The molecule has 0 aliphatic rings. The summed E-state index contributed by atoms with van der Waals surface area (Å²) in [5, 5.41) is 18.2. The molecule has 0 radical (unpaired) electrons. The van der Waals surface area contributed by atoms with Gasteiger partial charge in [0.15, 0.2) is 0 Å². The Kier molecular flexibility index (Phi) is 3.70. The van der Waals surface area contributed by atoms with Gasteiger partial charge in [-0.05, 0) is 61.1 Å². The number of carboxylic acid groups (broad SMARTS) is 1. The van der Waals surface area contributed by atoms with Crippen molar-refractivity contribution >= 4 is 5.97 Å². The SMILES string of the molecule is Cc1c(C)c(C)c(CC(=O)O)c(CO)c1C. The lowest BCUT2D eigenvalue weighted by Crippen LogP contribution is -2.10. The molecule has 1 aromatic rings. The molecule has 0 atom stereocenters. The summed E-state index contributed by atoms with van der Waals surface area (Å²) in [4.78, 5) is 10.8. The Hall–Kier alpha value is -1.35. The van der Waals surface area contributed by atoms with E-state index in [1.807, 2.05) is 27.7 Å². The van der Waals surface area contributed by atoms with Gasteiger partial charge in [0.25, 0.3) is 0 Å². The molecule has 3 nitrogen and oxygen atoms in total. The zero-order valence-corrected chi connectivity index (χ0v) is 10.2. The molecule has 16 heavy (non-hydrogen) atoms. The van der Waals surface area contributed by atoms with Crippen LogP contribution in [-0.2, 0) is 17.8 Å². The minimum Gasteiger partial charge on any atom is -0.481 e. The summed E-state index contributed by atoms with van der Waals surface area (Å²) < 4.78 is 0. The van der Waals surface area contributed by atoms with Crippen LogP contribution in [0.3, 0.4) is 0 Å². The quantitative estimate of drug-likeness (QED) is 0.822. The van der Waals surface area contributed by atoms with E-state index in [9.17, 15) is 9.90 Å². The van der Waals surface area contributed by atoms with Gasteiger partial charge in [-0.3, -0.25) is 4.79 Å². The summed E-state index contributed by atoms with van der Waals surface area (Å²) in [6.45, 7) is 7.74. The molecule has 0 aliphatic carbocycles. The number of hydrogen-bond donors (Lipinski definition) is 2. The minimum atomic E-state index is -0.861. The normalized spacial score (nSPS) is 10.6. The Bertz CT molecular complexity index is 434. The van der Waals surface area contributed by atoms with Crippen molar-refractivity contribution in [3.63, 3.8) is 0 Å². The fourth-order valence-electron chi connectivity index (χ4n) is 2.07. The van der Waals surface area contributed by atoms with Crippen LogP contribution in [0.4, 0.5) is 0 Å². The van der Waals surface area contributed by atoms with Crippen molar-refractivity contribution in [2.45, 2.75) is 40.7 Å². The molecular weight excluding hydrogens is 204 g/mol. The van der Waals surface area contributed by atoms with E-state index in [1.54, 1.807) is 0 Å². The molecule has 0 amide bonds. The first kappa shape index (κ1) is 12.7. The smallest absolute Gasteiger partial charge is 0.307 e. The van der Waals surface area contributed by atoms with E-state index in [0.717, 1.165) is 33.4 Å². The van der Waals surface area contributed by atoms with E-state index < -0.39 is 5.97 Å². The van der Waals surface area contributed by atoms with Crippen molar-refractivity contribution in [2.24, 2.45) is 0 Å². The second-order valence-electron chi connectivity index (χ2n) is 4.19. The van der Waals surface area contributed by atoms with Gasteiger partial charge in [0.1, 0.15) is 0 Å². The van der Waals surface area contributed by atoms with Crippen molar-refractivity contribution in [2.75, 3.05) is 0 Å². The van der Waals surface area contributed by atoms with Gasteiger partial charge in [-0.25, -0.2) is 0 Å². The third-order valence-corrected chi connectivity index (χ3v) is 3.44. The number of hydrogen-bond acceptors (Lipinski definition) is 2. The maximum Gasteiger partial charge on any atom is 0.307 e. The van der Waals surface area contributed by atoms with Crippen LogP contribution in [0.2, 0.25) is 0 Å². The van der Waals surface area contributed by atoms with Crippen molar-refractivity contribution in [1.82, 2.24) is 0 Å². The van der Waals surface area contributed by atoms with Crippen molar-refractivity contribution in [3.8, 4) is 0 Å². The number of carboxylic acids is 1. The maximum absolute atomic E-state index is 10.8. The second kappa shape index (κ2) is 4.66. The molecule has 0 bridgehead atoms. The molecule has 1 rings (SSSR count). The molecule has 0 aliphatic heterocycles. The lowest BCUT2D eigenvalue weighted by Gasteiger charge is -2.18. The molecule has 0 spiro atoms. The summed E-state index contributed by atoms with van der Waals surface area (Å²) in [5.74, 6) is -0.861. The fourth-order valence-corrected chi connectivity index (χ4v) is 2.07. The third kappa shape index (κ3) is 2.09. The van der Waals surface area contributed by atoms with Gasteiger partial charge in [0, 0.05) is 0 Å². The molecule has 0 saturated carbocycles. The average Bonchev–Trinajstić information content (AvgIpc) is 2.23. The topological polar surface area (TPSA) is 57.5 Å². The van der Waals surface area contributed by atoms with Crippen molar-refractivity contribution in [3.05, 3.63) is 33.4 Å². The molecule has 2 N–H and O–H groups in total. The summed E-state index contributed by atoms with van der Waals surface area (Å²) in [7, 11) is 0. The Balaban J connectivity index is 3.50. The molecule has 0 fully saturated rings. The van der Waals surface area contributed by atoms with E-state index in [4.69, 9.17) is 5.11 Å². The van der Waals surface area contributed by atoms with Gasteiger partial charge in [0.2, 0.25) is 0 Å². The number of aliphatic hydroxyl groups excluding tert-OH is 1. The highest BCUT2D eigenvalue weighted by atomic mass is 16.4. The van der Waals surface area contributed by atoms with Crippen LogP contribution in [0.25, 0.3) is 0 Å². The zero-order valence-electron chi connectivity index (χ0n) is 10.2. The standard InChI is InChI=1S/C13H18O3/c1-7-8(2)10(4)12(6-14)11(9(7)3)5-13(15)16/h14H,5-6H2,1-4H3,(H,15,16). The summed E-state index contributed by atoms with van der Waals surface area (Å²) in [5.41, 5.74) is 5.76. The molecule has 0 unspecified atom stereocenters. The number of carbonyl (C=O) groups is 1. The Labute approximate surface area is 95.7 Å². The first-order valence-corrected chi connectivity index (χ1v) is 5.30. The second-order valence-corrected chi connectivity index (χ2v) is 4.19. The van der Waals surface area contributed by atoms with Crippen LogP contribution in [0, 0.1) is 27.7 Å². The van der Waals surface area contributed by atoms with Gasteiger partial charge < -0.3 is 10.2 Å². The van der Waals surface area contributed by atoms with Gasteiger partial charge in [-0.1, -0.05) is 0 Å². The number of rotatable bonds is 3. The largest absolute Gasteiger partial charge is 0.481 e. The van der Waals surface area contributed by atoms with Gasteiger partial charge in [-0.15, -0.1) is 0 Å². The van der Waals surface area contributed by atoms with Crippen molar-refractivity contribution in [1.29, 1.82) is 0 Å². The predicted octanol–water partition coefficient (Wildman–Crippen LogP) is 2.04. The lowest BCUT2D eigenvalue weighted by molar-refractivity contribution is -0.136. The summed E-state index contributed by atoms with van der Waals surface area (Å²) in [6.07, 6.45) is -0.0241. The molecule has 1 aromatic carbocycles. The highest BCUT2D eigenvalue weighted by molar-refractivity contribution is 5.72. The van der Waals surface area contributed by atoms with Gasteiger partial charge >= 0.3 is 5.97 Å². The minimum absolute atomic E-state index is 0.0241. The zero-order chi connectivity index (χ0) is 12.5. The van der Waals surface area contributed by atoms with E-state index in [2.05, 4.69) is 0 Å². The molecule has 3 heteroatoms. The van der Waals surface area contributed by atoms with Crippen LogP contribution < -0.4 is 0 Å². The highest BCUT2D eigenvalue weighted by Crippen LogP contribution is 2.27. The van der Waals surface area contributed by atoms with E-state index >= 15 is 0 Å². The molecule has 88 valence electrons. The summed E-state index contributed by atoms with van der Waals surface area (Å²) >= 11 is 0. The average molecular weight is 222 g/mol. The molecule has 0 saturated heterocycles. The van der Waals surface area contributed by atoms with E-state index in [1.165, 1.54) is 0 Å². The van der Waals surface area contributed by atoms with Crippen LogP contribution in [0.15, 0.2) is 0 Å². The molecule has 0 aromatic heterocycles. The first-order chi connectivity index (χ1) is 7.40. The Morgan fingerprint density at radius 1 is 0.938 bits per heavy atom. The number of aliphatic hydroxyl groups is 1. The Morgan fingerprint density at radius 3 is 1.75 bits per heavy atom. The van der Waals surface area contributed by atoms with Crippen LogP contribution in [0.5, 0.6) is 0 Å². The third-order valence-electron chi connectivity index (χ3n) is 3.44. The Morgan fingerprint density at radius 2 is 1.38 bits per heavy atom. The maximum atomic E-state index is 10.8. The van der Waals surface area contributed by atoms with Crippen LogP contribution in [0.1, 0.15) is 33.4 Å². The van der Waals surface area contributed by atoms with Gasteiger partial charge in [-0.2, -0.15) is 0 Å². The number of benzene rings is 1. The monoisotopic (exact) mass is 222 g/mol. The lowest BCUT2D eigenvalue weighted by atomic mass is 9.88. The number of aliphatic carboxylic acids is 1.